The second-order valence-corrected chi connectivity index (χ2v) is 12.6. The van der Waals surface area contributed by atoms with Gasteiger partial charge < -0.3 is 29.2 Å². The number of carbonyl (C=O) groups is 2. The van der Waals surface area contributed by atoms with Crippen LogP contribution in [0.4, 0.5) is 35.1 Å². The summed E-state index contributed by atoms with van der Waals surface area (Å²) in [4.78, 5) is 27.2. The van der Waals surface area contributed by atoms with Gasteiger partial charge in [0.05, 0.1) is 11.1 Å². The fraction of sp³-hybridized carbons (Fsp3) is 0.250. The van der Waals surface area contributed by atoms with Gasteiger partial charge in [0.25, 0.3) is 11.8 Å². The number of nitrogens with one attached hydrogen (secondary N) is 1. The van der Waals surface area contributed by atoms with Crippen LogP contribution in [0.15, 0.2) is 96.1 Å². The summed E-state index contributed by atoms with van der Waals surface area (Å²) in [5.41, 5.74) is 2.91. The first-order valence-corrected chi connectivity index (χ1v) is 17.2. The molecule has 1 N–H and O–H groups in total. The quantitative estimate of drug-likeness (QED) is 0.189. The average Bonchev–Trinajstić information content (AvgIpc) is 3.69. The standard InChI is InChI=1S/C21H17F4NO3.C19H15F4NO3/c22-14-5-3-13(4-6-14)19-16-11-15(29-21(23,24)25)7-8-18(16)28-12-17(19)20(27)26-9-1-2-10-26;1-2-24-18(25)15-10-26-16-8-7-13(27-19(21,22)23)9-14(16)17(15)11-3-5-12(20)6-4-11/h3-8,11H,1-2,9-10,12H2;3-9H,2,10H2,1H3,(H,24,25). The summed E-state index contributed by atoms with van der Waals surface area (Å²) in [7, 11) is 0. The van der Waals surface area contributed by atoms with Crippen LogP contribution in [0, 0.1) is 11.6 Å². The van der Waals surface area contributed by atoms with E-state index in [0.29, 0.717) is 64.5 Å². The Balaban J connectivity index is 0.000000190. The van der Waals surface area contributed by atoms with E-state index in [1.807, 2.05) is 0 Å². The lowest BCUT2D eigenvalue weighted by Crippen LogP contribution is -2.33. The Hall–Kier alpha value is -6.06. The highest BCUT2D eigenvalue weighted by atomic mass is 19.4. The molecule has 0 saturated carbocycles. The lowest BCUT2D eigenvalue weighted by atomic mass is 9.90. The fourth-order valence-corrected chi connectivity index (χ4v) is 6.44. The number of amides is 2. The van der Waals surface area contributed by atoms with E-state index >= 15 is 0 Å². The van der Waals surface area contributed by atoms with E-state index in [0.717, 1.165) is 31.0 Å². The normalized spacial score (nSPS) is 15.1. The van der Waals surface area contributed by atoms with Crippen LogP contribution in [-0.4, -0.2) is 62.3 Å². The van der Waals surface area contributed by atoms with E-state index in [9.17, 15) is 44.7 Å². The molecule has 3 aliphatic rings. The SMILES string of the molecule is CCNC(=O)C1=C(c2ccc(F)cc2)c2cc(OC(F)(F)F)ccc2OC1.O=C(C1=C(c2ccc(F)cc2)c2cc(OC(F)(F)F)ccc2OC1)N1CCCC1. The monoisotopic (exact) mass is 788 g/mol. The van der Waals surface area contributed by atoms with Crippen LogP contribution in [0.3, 0.4) is 0 Å². The molecule has 0 atom stereocenters. The molecule has 3 heterocycles. The molecule has 56 heavy (non-hydrogen) atoms. The highest BCUT2D eigenvalue weighted by Crippen LogP contribution is 2.42. The zero-order valence-electron chi connectivity index (χ0n) is 29.5. The Morgan fingerprint density at radius 3 is 1.52 bits per heavy atom. The number of ether oxygens (including phenoxy) is 4. The smallest absolute Gasteiger partial charge is 0.488 e. The average molecular weight is 789 g/mol. The molecule has 0 unspecified atom stereocenters. The van der Waals surface area contributed by atoms with Gasteiger partial charge in [-0.3, -0.25) is 9.59 Å². The number of likely N-dealkylation sites (tertiary alicyclic amines) is 1. The van der Waals surface area contributed by atoms with Gasteiger partial charge >= 0.3 is 12.7 Å². The van der Waals surface area contributed by atoms with E-state index in [2.05, 4.69) is 14.8 Å². The first kappa shape index (κ1) is 39.6. The van der Waals surface area contributed by atoms with Crippen LogP contribution in [0.1, 0.15) is 42.0 Å². The third-order valence-corrected chi connectivity index (χ3v) is 8.78. The minimum absolute atomic E-state index is 0.0193. The summed E-state index contributed by atoms with van der Waals surface area (Å²) in [6.45, 7) is 3.25. The Morgan fingerprint density at radius 2 is 1.09 bits per heavy atom. The van der Waals surface area contributed by atoms with Gasteiger partial charge in [0, 0.05) is 41.9 Å². The molecule has 16 heteroatoms. The van der Waals surface area contributed by atoms with E-state index < -0.39 is 41.8 Å². The number of rotatable bonds is 7. The molecule has 7 rings (SSSR count). The fourth-order valence-electron chi connectivity index (χ4n) is 6.44. The Morgan fingerprint density at radius 1 is 0.661 bits per heavy atom. The zero-order chi connectivity index (χ0) is 40.2. The van der Waals surface area contributed by atoms with E-state index in [-0.39, 0.29) is 30.3 Å². The molecule has 4 aromatic rings. The summed E-state index contributed by atoms with van der Waals surface area (Å²) in [5.74, 6) is -1.80. The topological polar surface area (TPSA) is 86.3 Å². The predicted molar refractivity (Wildman–Crippen MR) is 187 cm³/mol. The lowest BCUT2D eigenvalue weighted by Gasteiger charge is -2.27. The molecule has 294 valence electrons. The number of benzene rings is 4. The number of alkyl halides is 6. The number of hydrogen-bond acceptors (Lipinski definition) is 6. The Labute approximate surface area is 314 Å². The van der Waals surface area contributed by atoms with Crippen molar-refractivity contribution in [1.82, 2.24) is 10.2 Å². The maximum Gasteiger partial charge on any atom is 0.573 e. The van der Waals surface area contributed by atoms with Crippen LogP contribution in [0.2, 0.25) is 0 Å². The maximum atomic E-state index is 13.4. The van der Waals surface area contributed by atoms with Crippen LogP contribution in [0.5, 0.6) is 23.0 Å². The minimum Gasteiger partial charge on any atom is -0.488 e. The number of fused-ring (bicyclic) bond motifs is 2. The molecule has 0 spiro atoms. The van der Waals surface area contributed by atoms with Gasteiger partial charge in [-0.25, -0.2) is 8.78 Å². The van der Waals surface area contributed by atoms with Crippen molar-refractivity contribution in [2.75, 3.05) is 32.8 Å². The van der Waals surface area contributed by atoms with Crippen LogP contribution in [0.25, 0.3) is 11.1 Å². The summed E-state index contributed by atoms with van der Waals surface area (Å²) < 4.78 is 122. The van der Waals surface area contributed by atoms with Gasteiger partial charge in [0.15, 0.2) is 0 Å². The van der Waals surface area contributed by atoms with Gasteiger partial charge in [0.2, 0.25) is 0 Å². The predicted octanol–water partition coefficient (Wildman–Crippen LogP) is 8.60. The number of halogens is 8. The maximum absolute atomic E-state index is 13.4. The van der Waals surface area contributed by atoms with Crippen LogP contribution >= 0.6 is 0 Å². The first-order chi connectivity index (χ1) is 26.6. The van der Waals surface area contributed by atoms with Crippen LogP contribution < -0.4 is 24.3 Å². The highest BCUT2D eigenvalue weighted by molar-refractivity contribution is 6.07. The molecule has 1 fully saturated rings. The number of hydrogen-bond donors (Lipinski definition) is 1. The molecule has 4 aromatic carbocycles. The molecule has 2 amide bonds. The van der Waals surface area contributed by atoms with Gasteiger partial charge in [-0.1, -0.05) is 24.3 Å². The van der Waals surface area contributed by atoms with Crippen molar-refractivity contribution in [3.8, 4) is 23.0 Å². The summed E-state index contributed by atoms with van der Waals surface area (Å²) >= 11 is 0. The summed E-state index contributed by atoms with van der Waals surface area (Å²) in [5, 5.41) is 2.65. The van der Waals surface area contributed by atoms with E-state index in [4.69, 9.17) is 9.47 Å². The van der Waals surface area contributed by atoms with Crippen molar-refractivity contribution in [2.45, 2.75) is 32.5 Å². The molecule has 0 aromatic heterocycles. The third kappa shape index (κ3) is 9.41. The summed E-state index contributed by atoms with van der Waals surface area (Å²) in [6.07, 6.45) is -7.92. The van der Waals surface area contributed by atoms with Crippen molar-refractivity contribution < 1.29 is 63.7 Å². The van der Waals surface area contributed by atoms with Crippen LogP contribution in [-0.2, 0) is 9.59 Å². The molecule has 0 bridgehead atoms. The molecular weight excluding hydrogens is 756 g/mol. The highest BCUT2D eigenvalue weighted by Gasteiger charge is 2.35. The van der Waals surface area contributed by atoms with Crippen molar-refractivity contribution in [3.05, 3.63) is 130 Å². The number of nitrogens with zero attached hydrogens (tertiary/aromatic N) is 1. The second kappa shape index (κ2) is 16.4. The molecule has 3 aliphatic heterocycles. The van der Waals surface area contributed by atoms with E-state index in [1.165, 1.54) is 66.7 Å². The third-order valence-electron chi connectivity index (χ3n) is 8.78. The molecule has 1 saturated heterocycles. The van der Waals surface area contributed by atoms with Crippen molar-refractivity contribution in [2.24, 2.45) is 0 Å². The lowest BCUT2D eigenvalue weighted by molar-refractivity contribution is -0.275. The Kier molecular flexibility index (Phi) is 11.6. The second-order valence-electron chi connectivity index (χ2n) is 12.6. The summed E-state index contributed by atoms with van der Waals surface area (Å²) in [6, 6.07) is 18.1. The molecular formula is C40H32F8N2O6. The van der Waals surface area contributed by atoms with E-state index in [1.54, 1.807) is 11.8 Å². The van der Waals surface area contributed by atoms with Gasteiger partial charge in [-0.2, -0.15) is 0 Å². The molecule has 0 radical (unpaired) electrons. The number of carbonyl (C=O) groups excluding carboxylic acids is 2. The molecule has 8 nitrogen and oxygen atoms in total. The molecule has 0 aliphatic carbocycles. The van der Waals surface area contributed by atoms with Gasteiger partial charge in [-0.05, 0) is 91.6 Å². The minimum atomic E-state index is -4.86. The van der Waals surface area contributed by atoms with Crippen molar-refractivity contribution in [1.29, 1.82) is 0 Å². The first-order valence-electron chi connectivity index (χ1n) is 17.2. The van der Waals surface area contributed by atoms with Gasteiger partial charge in [0.1, 0.15) is 47.8 Å². The number of likely N-dealkylation sites (N-methyl/N-ethyl adjacent to an activating group) is 1. The zero-order valence-corrected chi connectivity index (χ0v) is 29.5. The van der Waals surface area contributed by atoms with Crippen molar-refractivity contribution >= 4 is 23.0 Å². The van der Waals surface area contributed by atoms with Crippen molar-refractivity contribution in [3.63, 3.8) is 0 Å². The Bertz CT molecular complexity index is 2160. The van der Waals surface area contributed by atoms with Gasteiger partial charge in [-0.15, -0.1) is 26.3 Å². The largest absolute Gasteiger partial charge is 0.573 e.